The lowest BCUT2D eigenvalue weighted by molar-refractivity contribution is 0.0525. The third-order valence-electron chi connectivity index (χ3n) is 5.00. The van der Waals surface area contributed by atoms with Crippen molar-refractivity contribution < 1.29 is 14.3 Å². The summed E-state index contributed by atoms with van der Waals surface area (Å²) in [5.41, 5.74) is 3.48. The SMILES string of the molecule is CCOC(=O)c1c(C)[nH]c(C(=O)N[C@H]2CCN(Cc3ccccc3)C2)c1C. The summed E-state index contributed by atoms with van der Waals surface area (Å²) < 4.78 is 5.09. The zero-order valence-electron chi connectivity index (χ0n) is 16.2. The molecule has 6 nitrogen and oxygen atoms in total. The van der Waals surface area contributed by atoms with E-state index in [1.807, 2.05) is 18.2 Å². The number of esters is 1. The number of hydrogen-bond acceptors (Lipinski definition) is 4. The third kappa shape index (κ3) is 4.39. The van der Waals surface area contributed by atoms with E-state index in [9.17, 15) is 9.59 Å². The number of ether oxygens (including phenoxy) is 1. The summed E-state index contributed by atoms with van der Waals surface area (Å²) in [6.45, 7) is 8.31. The van der Waals surface area contributed by atoms with Gasteiger partial charge in [0.25, 0.3) is 5.91 Å². The predicted molar refractivity (Wildman–Crippen MR) is 104 cm³/mol. The highest BCUT2D eigenvalue weighted by Crippen LogP contribution is 2.20. The lowest BCUT2D eigenvalue weighted by Gasteiger charge is -2.16. The van der Waals surface area contributed by atoms with E-state index in [2.05, 4.69) is 27.3 Å². The van der Waals surface area contributed by atoms with Gasteiger partial charge in [0.1, 0.15) is 5.69 Å². The summed E-state index contributed by atoms with van der Waals surface area (Å²) in [6, 6.07) is 10.4. The molecule has 1 fully saturated rings. The van der Waals surface area contributed by atoms with E-state index >= 15 is 0 Å². The third-order valence-corrected chi connectivity index (χ3v) is 5.00. The maximum absolute atomic E-state index is 12.7. The molecule has 1 amide bonds. The highest BCUT2D eigenvalue weighted by atomic mass is 16.5. The van der Waals surface area contributed by atoms with Crippen LogP contribution in [-0.2, 0) is 11.3 Å². The van der Waals surface area contributed by atoms with Crippen LogP contribution >= 0.6 is 0 Å². The van der Waals surface area contributed by atoms with Gasteiger partial charge in [-0.3, -0.25) is 9.69 Å². The van der Waals surface area contributed by atoms with Gasteiger partial charge in [0.2, 0.25) is 0 Å². The van der Waals surface area contributed by atoms with E-state index in [-0.39, 0.29) is 11.9 Å². The number of likely N-dealkylation sites (tertiary alicyclic amines) is 1. The van der Waals surface area contributed by atoms with Gasteiger partial charge in [-0.1, -0.05) is 30.3 Å². The van der Waals surface area contributed by atoms with E-state index in [0.29, 0.717) is 29.1 Å². The quantitative estimate of drug-likeness (QED) is 0.768. The van der Waals surface area contributed by atoms with Crippen LogP contribution in [0.2, 0.25) is 0 Å². The molecular weight excluding hydrogens is 342 g/mol. The van der Waals surface area contributed by atoms with Crippen molar-refractivity contribution in [1.82, 2.24) is 15.2 Å². The van der Waals surface area contributed by atoms with Gasteiger partial charge in [-0.2, -0.15) is 0 Å². The molecule has 0 aliphatic carbocycles. The maximum Gasteiger partial charge on any atom is 0.340 e. The van der Waals surface area contributed by atoms with Crippen LogP contribution in [0.25, 0.3) is 0 Å². The molecule has 0 unspecified atom stereocenters. The van der Waals surface area contributed by atoms with Crippen molar-refractivity contribution in [3.05, 3.63) is 58.4 Å². The Morgan fingerprint density at radius 3 is 2.70 bits per heavy atom. The Morgan fingerprint density at radius 1 is 1.26 bits per heavy atom. The lowest BCUT2D eigenvalue weighted by Crippen LogP contribution is -2.37. The van der Waals surface area contributed by atoms with Crippen LogP contribution in [0, 0.1) is 13.8 Å². The molecule has 2 heterocycles. The first-order chi connectivity index (χ1) is 13.0. The number of aromatic nitrogens is 1. The number of aryl methyl sites for hydroxylation is 1. The molecule has 1 atom stereocenters. The number of nitrogens with zero attached hydrogens (tertiary/aromatic N) is 1. The van der Waals surface area contributed by atoms with Crippen molar-refractivity contribution in [1.29, 1.82) is 0 Å². The van der Waals surface area contributed by atoms with E-state index < -0.39 is 5.97 Å². The van der Waals surface area contributed by atoms with Gasteiger partial charge in [-0.25, -0.2) is 4.79 Å². The molecule has 1 saturated heterocycles. The number of amides is 1. The van der Waals surface area contributed by atoms with Crippen LogP contribution in [0.1, 0.15) is 51.0 Å². The summed E-state index contributed by atoms with van der Waals surface area (Å²) in [7, 11) is 0. The van der Waals surface area contributed by atoms with E-state index in [0.717, 1.165) is 26.1 Å². The highest BCUT2D eigenvalue weighted by molar-refractivity contribution is 6.00. The second-order valence-corrected chi connectivity index (χ2v) is 7.03. The summed E-state index contributed by atoms with van der Waals surface area (Å²) in [6.07, 6.45) is 0.919. The first-order valence-corrected chi connectivity index (χ1v) is 9.43. The number of rotatable bonds is 6. The second kappa shape index (κ2) is 8.39. The van der Waals surface area contributed by atoms with Crippen LogP contribution in [0.5, 0.6) is 0 Å². The van der Waals surface area contributed by atoms with Gasteiger partial charge in [0.15, 0.2) is 0 Å². The first-order valence-electron chi connectivity index (χ1n) is 9.43. The average Bonchev–Trinajstić information content (AvgIpc) is 3.19. The van der Waals surface area contributed by atoms with E-state index in [1.165, 1.54) is 5.56 Å². The minimum atomic E-state index is -0.391. The van der Waals surface area contributed by atoms with Crippen molar-refractivity contribution >= 4 is 11.9 Å². The molecule has 27 heavy (non-hydrogen) atoms. The normalized spacial score (nSPS) is 17.1. The Morgan fingerprint density at radius 2 is 2.00 bits per heavy atom. The summed E-state index contributed by atoms with van der Waals surface area (Å²) in [4.78, 5) is 30.2. The average molecular weight is 369 g/mol. The fourth-order valence-electron chi connectivity index (χ4n) is 3.68. The lowest BCUT2D eigenvalue weighted by atomic mass is 10.1. The van der Waals surface area contributed by atoms with Crippen LogP contribution < -0.4 is 5.32 Å². The van der Waals surface area contributed by atoms with Crippen molar-refractivity contribution in [3.63, 3.8) is 0 Å². The van der Waals surface area contributed by atoms with Crippen molar-refractivity contribution in [2.24, 2.45) is 0 Å². The Hall–Kier alpha value is -2.60. The smallest absolute Gasteiger partial charge is 0.340 e. The van der Waals surface area contributed by atoms with Crippen LogP contribution in [0.15, 0.2) is 30.3 Å². The molecule has 1 aliphatic heterocycles. The summed E-state index contributed by atoms with van der Waals surface area (Å²) in [5.74, 6) is -0.560. The number of hydrogen-bond donors (Lipinski definition) is 2. The fraction of sp³-hybridized carbons (Fsp3) is 0.429. The van der Waals surface area contributed by atoms with Crippen LogP contribution in [0.4, 0.5) is 0 Å². The monoisotopic (exact) mass is 369 g/mol. The van der Waals surface area contributed by atoms with Crippen LogP contribution in [0.3, 0.4) is 0 Å². The molecule has 144 valence electrons. The number of carbonyl (C=O) groups is 2. The first kappa shape index (κ1) is 19.2. The molecule has 0 spiro atoms. The largest absolute Gasteiger partial charge is 0.462 e. The summed E-state index contributed by atoms with van der Waals surface area (Å²) >= 11 is 0. The minimum Gasteiger partial charge on any atom is -0.462 e. The number of nitrogens with one attached hydrogen (secondary N) is 2. The minimum absolute atomic E-state index is 0.107. The Bertz CT molecular complexity index is 814. The molecule has 1 aromatic heterocycles. The predicted octanol–water partition coefficient (Wildman–Crippen LogP) is 2.81. The molecule has 1 aliphatic rings. The molecule has 0 bridgehead atoms. The van der Waals surface area contributed by atoms with Crippen LogP contribution in [-0.4, -0.2) is 47.5 Å². The second-order valence-electron chi connectivity index (χ2n) is 7.03. The Labute approximate surface area is 159 Å². The standard InChI is InChI=1S/C21H27N3O3/c1-4-27-21(26)18-14(2)19(22-15(18)3)20(25)23-17-10-11-24(13-17)12-16-8-6-5-7-9-16/h5-9,17,22H,4,10-13H2,1-3H3,(H,23,25)/t17-/m0/s1. The molecular formula is C21H27N3O3. The van der Waals surface area contributed by atoms with Gasteiger partial charge in [-0.05, 0) is 38.3 Å². The number of carbonyl (C=O) groups excluding carboxylic acids is 2. The molecule has 6 heteroatoms. The number of benzene rings is 1. The highest BCUT2D eigenvalue weighted by Gasteiger charge is 2.27. The molecule has 3 rings (SSSR count). The van der Waals surface area contributed by atoms with E-state index in [4.69, 9.17) is 4.74 Å². The Balaban J connectivity index is 1.61. The molecule has 2 aromatic rings. The maximum atomic E-state index is 12.7. The van der Waals surface area contributed by atoms with Crippen molar-refractivity contribution in [2.75, 3.05) is 19.7 Å². The molecule has 1 aromatic carbocycles. The molecule has 0 saturated carbocycles. The fourth-order valence-corrected chi connectivity index (χ4v) is 3.68. The van der Waals surface area contributed by atoms with Gasteiger partial charge < -0.3 is 15.0 Å². The van der Waals surface area contributed by atoms with Crippen molar-refractivity contribution in [2.45, 2.75) is 39.8 Å². The molecule has 2 N–H and O–H groups in total. The van der Waals surface area contributed by atoms with E-state index in [1.54, 1.807) is 20.8 Å². The topological polar surface area (TPSA) is 74.4 Å². The van der Waals surface area contributed by atoms with Crippen molar-refractivity contribution in [3.8, 4) is 0 Å². The number of H-pyrrole nitrogens is 1. The zero-order chi connectivity index (χ0) is 19.4. The number of aromatic amines is 1. The zero-order valence-corrected chi connectivity index (χ0v) is 16.2. The van der Waals surface area contributed by atoms with Gasteiger partial charge in [0, 0.05) is 31.4 Å². The van der Waals surface area contributed by atoms with Gasteiger partial charge >= 0.3 is 5.97 Å². The summed E-state index contributed by atoms with van der Waals surface area (Å²) in [5, 5.41) is 3.10. The molecule has 0 radical (unpaired) electrons. The van der Waals surface area contributed by atoms with Gasteiger partial charge in [0.05, 0.1) is 12.2 Å². The Kier molecular flexibility index (Phi) is 5.96. The van der Waals surface area contributed by atoms with Gasteiger partial charge in [-0.15, -0.1) is 0 Å².